The van der Waals surface area contributed by atoms with E-state index in [1.807, 2.05) is 0 Å². The first kappa shape index (κ1) is 14.0. The van der Waals surface area contributed by atoms with Crippen LogP contribution in [0.2, 0.25) is 0 Å². The van der Waals surface area contributed by atoms with Gasteiger partial charge in [0.2, 0.25) is 0 Å². The van der Waals surface area contributed by atoms with Gasteiger partial charge >= 0.3 is 0 Å². The van der Waals surface area contributed by atoms with Crippen molar-refractivity contribution < 1.29 is 13.6 Å². The van der Waals surface area contributed by atoms with E-state index in [-0.39, 0.29) is 11.9 Å². The molecule has 2 heterocycles. The first-order valence-corrected chi connectivity index (χ1v) is 6.47. The predicted molar refractivity (Wildman–Crippen MR) is 68.1 cm³/mol. The fourth-order valence-corrected chi connectivity index (χ4v) is 2.36. The van der Waals surface area contributed by atoms with Crippen molar-refractivity contribution in [1.82, 2.24) is 9.47 Å². The van der Waals surface area contributed by atoms with Gasteiger partial charge in [0.05, 0.1) is 6.54 Å². The maximum absolute atomic E-state index is 12.4. The van der Waals surface area contributed by atoms with Crippen LogP contribution in [0, 0.1) is 5.92 Å². The molecule has 0 radical (unpaired) electrons. The third kappa shape index (κ3) is 3.12. The van der Waals surface area contributed by atoms with Crippen LogP contribution in [0.25, 0.3) is 0 Å². The minimum absolute atomic E-state index is 0.0452. The second-order valence-corrected chi connectivity index (χ2v) is 5.12. The summed E-state index contributed by atoms with van der Waals surface area (Å²) in [6, 6.07) is 3.15. The van der Waals surface area contributed by atoms with Crippen LogP contribution in [0.1, 0.15) is 23.8 Å². The smallest absolute Gasteiger partial charge is 0.270 e. The molecule has 0 aromatic carbocycles. The van der Waals surface area contributed by atoms with Crippen molar-refractivity contribution in [3.63, 3.8) is 0 Å². The molecule has 2 atom stereocenters. The molecule has 19 heavy (non-hydrogen) atoms. The molecular weight excluding hydrogens is 252 g/mol. The number of nitrogens with zero attached hydrogens (tertiary/aromatic N) is 2. The topological polar surface area (TPSA) is 51.3 Å². The molecule has 2 N–H and O–H groups in total. The Labute approximate surface area is 111 Å². The number of halogens is 2. The number of piperidine rings is 1. The average molecular weight is 271 g/mol. The molecule has 106 valence electrons. The second kappa shape index (κ2) is 5.69. The zero-order valence-electron chi connectivity index (χ0n) is 10.9. The van der Waals surface area contributed by atoms with Crippen LogP contribution in [-0.4, -0.2) is 40.9 Å². The van der Waals surface area contributed by atoms with Gasteiger partial charge in [-0.05, 0) is 24.5 Å². The minimum Gasteiger partial charge on any atom is -0.338 e. The van der Waals surface area contributed by atoms with E-state index in [1.165, 1.54) is 10.8 Å². The Morgan fingerprint density at radius 1 is 1.58 bits per heavy atom. The molecule has 1 amide bonds. The summed E-state index contributed by atoms with van der Waals surface area (Å²) in [5.41, 5.74) is 6.27. The van der Waals surface area contributed by atoms with Crippen molar-refractivity contribution in [1.29, 1.82) is 0 Å². The number of amides is 1. The highest BCUT2D eigenvalue weighted by Crippen LogP contribution is 2.18. The van der Waals surface area contributed by atoms with Gasteiger partial charge in [-0.3, -0.25) is 4.79 Å². The van der Waals surface area contributed by atoms with E-state index in [4.69, 9.17) is 5.73 Å². The van der Waals surface area contributed by atoms with Crippen LogP contribution in [-0.2, 0) is 6.54 Å². The summed E-state index contributed by atoms with van der Waals surface area (Å²) in [4.78, 5) is 14.0. The lowest BCUT2D eigenvalue weighted by Crippen LogP contribution is -2.50. The Bertz CT molecular complexity index is 447. The maximum atomic E-state index is 12.4. The number of hydrogen-bond donors (Lipinski definition) is 1. The Morgan fingerprint density at radius 3 is 2.95 bits per heavy atom. The van der Waals surface area contributed by atoms with Crippen molar-refractivity contribution in [3.05, 3.63) is 24.0 Å². The van der Waals surface area contributed by atoms with Gasteiger partial charge in [0.1, 0.15) is 5.69 Å². The van der Waals surface area contributed by atoms with Crippen molar-refractivity contribution in [2.45, 2.75) is 32.4 Å². The molecule has 0 spiro atoms. The van der Waals surface area contributed by atoms with Gasteiger partial charge < -0.3 is 15.2 Å². The van der Waals surface area contributed by atoms with Gasteiger partial charge in [-0.15, -0.1) is 0 Å². The van der Waals surface area contributed by atoms with Crippen LogP contribution >= 0.6 is 0 Å². The standard InChI is InChI=1S/C13H19F2N3O/c1-9-4-6-18(7-10(9)16)13(19)11-3-2-5-17(11)8-12(14)15/h2-3,5,9-10,12H,4,6-8,16H2,1H3. The summed E-state index contributed by atoms with van der Waals surface area (Å²) in [5.74, 6) is 0.171. The van der Waals surface area contributed by atoms with E-state index in [2.05, 4.69) is 6.92 Å². The molecule has 4 nitrogen and oxygen atoms in total. The first-order chi connectivity index (χ1) is 8.99. The number of carbonyl (C=O) groups is 1. The fraction of sp³-hybridized carbons (Fsp3) is 0.615. The zero-order chi connectivity index (χ0) is 14.0. The van der Waals surface area contributed by atoms with E-state index in [0.29, 0.717) is 24.7 Å². The van der Waals surface area contributed by atoms with Crippen LogP contribution in [0.5, 0.6) is 0 Å². The zero-order valence-corrected chi connectivity index (χ0v) is 10.9. The number of rotatable bonds is 3. The van der Waals surface area contributed by atoms with Crippen LogP contribution in [0.3, 0.4) is 0 Å². The molecule has 0 saturated carbocycles. The molecule has 1 fully saturated rings. The normalized spacial score (nSPS) is 23.9. The largest absolute Gasteiger partial charge is 0.338 e. The lowest BCUT2D eigenvalue weighted by Gasteiger charge is -2.35. The Morgan fingerprint density at radius 2 is 2.32 bits per heavy atom. The summed E-state index contributed by atoms with van der Waals surface area (Å²) in [6.45, 7) is 2.73. The molecule has 0 aliphatic carbocycles. The Hall–Kier alpha value is -1.43. The highest BCUT2D eigenvalue weighted by atomic mass is 19.3. The van der Waals surface area contributed by atoms with Gasteiger partial charge in [-0.2, -0.15) is 0 Å². The third-order valence-electron chi connectivity index (χ3n) is 3.69. The van der Waals surface area contributed by atoms with Gasteiger partial charge in [-0.1, -0.05) is 6.92 Å². The summed E-state index contributed by atoms with van der Waals surface area (Å²) in [6.07, 6.45) is -0.114. The van der Waals surface area contributed by atoms with E-state index in [9.17, 15) is 13.6 Å². The highest BCUT2D eigenvalue weighted by Gasteiger charge is 2.28. The predicted octanol–water partition coefficient (Wildman–Crippen LogP) is 1.56. The minimum atomic E-state index is -2.47. The van der Waals surface area contributed by atoms with Gasteiger partial charge in [0, 0.05) is 25.3 Å². The Balaban J connectivity index is 2.09. The molecule has 1 aromatic rings. The Kier molecular flexibility index (Phi) is 4.19. The molecule has 2 unspecified atom stereocenters. The van der Waals surface area contributed by atoms with Crippen molar-refractivity contribution in [3.8, 4) is 0 Å². The average Bonchev–Trinajstić information content (AvgIpc) is 2.79. The van der Waals surface area contributed by atoms with Gasteiger partial charge in [-0.25, -0.2) is 8.78 Å². The van der Waals surface area contributed by atoms with E-state index < -0.39 is 13.0 Å². The quantitative estimate of drug-likeness (QED) is 0.907. The molecule has 0 bridgehead atoms. The molecule has 6 heteroatoms. The monoisotopic (exact) mass is 271 g/mol. The van der Waals surface area contributed by atoms with Crippen LogP contribution in [0.15, 0.2) is 18.3 Å². The molecule has 1 aliphatic rings. The lowest BCUT2D eigenvalue weighted by atomic mass is 9.94. The van der Waals surface area contributed by atoms with Crippen LogP contribution < -0.4 is 5.73 Å². The van der Waals surface area contributed by atoms with E-state index >= 15 is 0 Å². The molecular formula is C13H19F2N3O. The third-order valence-corrected chi connectivity index (χ3v) is 3.69. The number of aromatic nitrogens is 1. The number of carbonyl (C=O) groups excluding carboxylic acids is 1. The second-order valence-electron chi connectivity index (χ2n) is 5.12. The van der Waals surface area contributed by atoms with E-state index in [0.717, 1.165) is 6.42 Å². The van der Waals surface area contributed by atoms with Crippen molar-refractivity contribution in [2.75, 3.05) is 13.1 Å². The number of nitrogens with two attached hydrogens (primary N) is 1. The lowest BCUT2D eigenvalue weighted by molar-refractivity contribution is 0.0653. The molecule has 1 aromatic heterocycles. The van der Waals surface area contributed by atoms with Crippen LogP contribution in [0.4, 0.5) is 8.78 Å². The highest BCUT2D eigenvalue weighted by molar-refractivity contribution is 5.92. The number of hydrogen-bond acceptors (Lipinski definition) is 2. The summed E-state index contributed by atoms with van der Waals surface area (Å²) in [5, 5.41) is 0. The van der Waals surface area contributed by atoms with Gasteiger partial charge in [0.25, 0.3) is 12.3 Å². The number of likely N-dealkylation sites (tertiary alicyclic amines) is 1. The number of alkyl halides is 2. The van der Waals surface area contributed by atoms with Gasteiger partial charge in [0.15, 0.2) is 0 Å². The van der Waals surface area contributed by atoms with Crippen molar-refractivity contribution >= 4 is 5.91 Å². The summed E-state index contributed by atoms with van der Waals surface area (Å²) in [7, 11) is 0. The molecule has 1 saturated heterocycles. The fourth-order valence-electron chi connectivity index (χ4n) is 2.36. The summed E-state index contributed by atoms with van der Waals surface area (Å²) < 4.78 is 26.2. The molecule has 1 aliphatic heterocycles. The summed E-state index contributed by atoms with van der Waals surface area (Å²) >= 11 is 0. The maximum Gasteiger partial charge on any atom is 0.270 e. The first-order valence-electron chi connectivity index (χ1n) is 6.47. The SMILES string of the molecule is CC1CCN(C(=O)c2cccn2CC(F)F)CC1N. The van der Waals surface area contributed by atoms with E-state index in [1.54, 1.807) is 17.0 Å². The molecule has 2 rings (SSSR count). The van der Waals surface area contributed by atoms with Crippen molar-refractivity contribution in [2.24, 2.45) is 11.7 Å².